The molecule has 0 bridgehead atoms. The number of methoxy groups -OCH3 is 1. The van der Waals surface area contributed by atoms with E-state index in [0.717, 1.165) is 16.5 Å². The average molecular weight is 527 g/mol. The van der Waals surface area contributed by atoms with Gasteiger partial charge in [0.1, 0.15) is 6.54 Å². The fraction of sp³-hybridized carbons (Fsp3) is 0.308. The van der Waals surface area contributed by atoms with Gasteiger partial charge in [0.15, 0.2) is 0 Å². The molecule has 2 amide bonds. The Bertz CT molecular complexity index is 1110. The van der Waals surface area contributed by atoms with Crippen molar-refractivity contribution in [3.63, 3.8) is 0 Å². The Balaban J connectivity index is 1.60. The fourth-order valence-corrected chi connectivity index (χ4v) is 5.34. The second kappa shape index (κ2) is 10.6. The lowest BCUT2D eigenvalue weighted by Crippen LogP contribution is -2.47. The summed E-state index contributed by atoms with van der Waals surface area (Å²) < 4.78 is 6.12. The van der Waals surface area contributed by atoms with Gasteiger partial charge in [-0.15, -0.1) is 11.3 Å². The third-order valence-corrected chi connectivity index (χ3v) is 7.47. The van der Waals surface area contributed by atoms with E-state index in [2.05, 4.69) is 58.6 Å². The zero-order chi connectivity index (χ0) is 23.4. The summed E-state index contributed by atoms with van der Waals surface area (Å²) in [6, 6.07) is 17.6. The maximum absolute atomic E-state index is 13.6. The van der Waals surface area contributed by atoms with Crippen molar-refractivity contribution in [3.8, 4) is 0 Å². The second-order valence-electron chi connectivity index (χ2n) is 8.18. The first-order valence-electron chi connectivity index (χ1n) is 10.9. The van der Waals surface area contributed by atoms with Crippen molar-refractivity contribution in [2.24, 2.45) is 0 Å². The molecule has 1 unspecified atom stereocenters. The van der Waals surface area contributed by atoms with Gasteiger partial charge >= 0.3 is 0 Å². The normalized spacial score (nSPS) is 15.2. The summed E-state index contributed by atoms with van der Waals surface area (Å²) in [6.07, 6.45) is 0.833. The van der Waals surface area contributed by atoms with Crippen molar-refractivity contribution in [3.05, 3.63) is 91.6 Å². The maximum atomic E-state index is 13.6. The summed E-state index contributed by atoms with van der Waals surface area (Å²) in [5.74, 6) is -0.230. The van der Waals surface area contributed by atoms with Crippen LogP contribution in [-0.4, -0.2) is 55.0 Å². The van der Waals surface area contributed by atoms with Gasteiger partial charge in [0, 0.05) is 35.1 Å². The Morgan fingerprint density at radius 3 is 2.55 bits per heavy atom. The summed E-state index contributed by atoms with van der Waals surface area (Å²) in [7, 11) is 1.60. The molecule has 0 spiro atoms. The van der Waals surface area contributed by atoms with Gasteiger partial charge in [0.2, 0.25) is 5.91 Å². The number of benzene rings is 2. The van der Waals surface area contributed by atoms with Gasteiger partial charge in [-0.3, -0.25) is 9.59 Å². The standard InChI is InChI=1S/C26H27BrN2O3S/c1-18-3-5-19(6-4-18)25-22-12-16-33-23(22)11-13-29(25)24(30)17-28(14-15-32-2)26(31)20-7-9-21(27)10-8-20/h3-10,12,16,25H,11,13-15,17H2,1-2H3. The summed E-state index contributed by atoms with van der Waals surface area (Å²) >= 11 is 5.15. The lowest BCUT2D eigenvalue weighted by molar-refractivity contribution is -0.134. The molecule has 1 aromatic heterocycles. The van der Waals surface area contributed by atoms with Crippen LogP contribution in [0.4, 0.5) is 0 Å². The van der Waals surface area contributed by atoms with E-state index in [1.807, 2.05) is 17.0 Å². The van der Waals surface area contributed by atoms with Crippen LogP contribution in [0.5, 0.6) is 0 Å². The van der Waals surface area contributed by atoms with Gasteiger partial charge in [-0.05, 0) is 60.2 Å². The molecule has 4 rings (SSSR count). The molecule has 0 N–H and O–H groups in total. The highest BCUT2D eigenvalue weighted by Gasteiger charge is 2.34. The third kappa shape index (κ3) is 5.37. The largest absolute Gasteiger partial charge is 0.383 e. The van der Waals surface area contributed by atoms with E-state index < -0.39 is 0 Å². The number of fused-ring (bicyclic) bond motifs is 1. The van der Waals surface area contributed by atoms with Crippen LogP contribution in [0.1, 0.15) is 38.0 Å². The molecular formula is C26H27BrN2O3S. The van der Waals surface area contributed by atoms with E-state index in [-0.39, 0.29) is 24.4 Å². The van der Waals surface area contributed by atoms with Gasteiger partial charge in [-0.1, -0.05) is 45.8 Å². The number of nitrogens with zero attached hydrogens (tertiary/aromatic N) is 2. The SMILES string of the molecule is COCCN(CC(=O)N1CCc2sccc2C1c1ccc(C)cc1)C(=O)c1ccc(Br)cc1. The van der Waals surface area contributed by atoms with E-state index in [0.29, 0.717) is 25.3 Å². The van der Waals surface area contributed by atoms with Crippen molar-refractivity contribution in [1.29, 1.82) is 0 Å². The van der Waals surface area contributed by atoms with Crippen molar-refractivity contribution in [2.45, 2.75) is 19.4 Å². The number of aryl methyl sites for hydroxylation is 1. The molecule has 3 aromatic rings. The Morgan fingerprint density at radius 2 is 1.85 bits per heavy atom. The lowest BCUT2D eigenvalue weighted by atomic mass is 9.92. The number of hydrogen-bond donors (Lipinski definition) is 0. The predicted octanol–water partition coefficient (Wildman–Crippen LogP) is 5.08. The molecule has 0 aliphatic carbocycles. The molecule has 1 aliphatic heterocycles. The van der Waals surface area contributed by atoms with Crippen molar-refractivity contribution in [1.82, 2.24) is 9.80 Å². The Kier molecular flexibility index (Phi) is 7.63. The van der Waals surface area contributed by atoms with Crippen molar-refractivity contribution < 1.29 is 14.3 Å². The van der Waals surface area contributed by atoms with Gasteiger partial charge in [-0.2, -0.15) is 0 Å². The van der Waals surface area contributed by atoms with Gasteiger partial charge in [-0.25, -0.2) is 0 Å². The minimum absolute atomic E-state index is 0.0140. The number of thiophene rings is 1. The Labute approximate surface area is 207 Å². The molecule has 0 saturated heterocycles. The van der Waals surface area contributed by atoms with E-state index in [1.165, 1.54) is 16.0 Å². The van der Waals surface area contributed by atoms with Crippen LogP contribution in [-0.2, 0) is 16.0 Å². The fourth-order valence-electron chi connectivity index (χ4n) is 4.18. The first-order valence-corrected chi connectivity index (χ1v) is 12.6. The van der Waals surface area contributed by atoms with Crippen LogP contribution in [0.25, 0.3) is 0 Å². The third-order valence-electron chi connectivity index (χ3n) is 5.95. The molecule has 33 heavy (non-hydrogen) atoms. The summed E-state index contributed by atoms with van der Waals surface area (Å²) in [5.41, 5.74) is 4.02. The highest BCUT2D eigenvalue weighted by molar-refractivity contribution is 9.10. The maximum Gasteiger partial charge on any atom is 0.254 e. The molecule has 1 atom stereocenters. The molecule has 0 fully saturated rings. The molecule has 2 heterocycles. The zero-order valence-corrected chi connectivity index (χ0v) is 21.2. The Morgan fingerprint density at radius 1 is 1.12 bits per heavy atom. The Hall–Kier alpha value is -2.48. The second-order valence-corrected chi connectivity index (χ2v) is 10.1. The van der Waals surface area contributed by atoms with Crippen molar-refractivity contribution >= 4 is 39.1 Å². The van der Waals surface area contributed by atoms with Gasteiger partial charge < -0.3 is 14.5 Å². The summed E-state index contributed by atoms with van der Waals surface area (Å²) in [4.78, 5) is 31.7. The van der Waals surface area contributed by atoms with E-state index in [4.69, 9.17) is 4.74 Å². The van der Waals surface area contributed by atoms with Crippen LogP contribution in [0.2, 0.25) is 0 Å². The van der Waals surface area contributed by atoms with Gasteiger partial charge in [0.05, 0.1) is 12.6 Å². The van der Waals surface area contributed by atoms with Crippen LogP contribution >= 0.6 is 27.3 Å². The highest BCUT2D eigenvalue weighted by atomic mass is 79.9. The van der Waals surface area contributed by atoms with Crippen LogP contribution in [0.3, 0.4) is 0 Å². The van der Waals surface area contributed by atoms with Crippen LogP contribution in [0, 0.1) is 6.92 Å². The van der Waals surface area contributed by atoms with Gasteiger partial charge in [0.25, 0.3) is 5.91 Å². The number of rotatable bonds is 7. The molecular weight excluding hydrogens is 500 g/mol. The molecule has 0 radical (unpaired) electrons. The van der Waals surface area contributed by atoms with Crippen molar-refractivity contribution in [2.75, 3.05) is 33.4 Å². The molecule has 172 valence electrons. The smallest absolute Gasteiger partial charge is 0.254 e. The molecule has 2 aromatic carbocycles. The summed E-state index contributed by atoms with van der Waals surface area (Å²) in [6.45, 7) is 3.43. The topological polar surface area (TPSA) is 49.9 Å². The number of amides is 2. The minimum Gasteiger partial charge on any atom is -0.383 e. The molecule has 1 aliphatic rings. The van der Waals surface area contributed by atoms with Crippen LogP contribution < -0.4 is 0 Å². The average Bonchev–Trinajstić information content (AvgIpc) is 3.30. The lowest BCUT2D eigenvalue weighted by Gasteiger charge is -2.37. The van der Waals surface area contributed by atoms with Crippen LogP contribution in [0.15, 0.2) is 64.5 Å². The van der Waals surface area contributed by atoms with E-state index >= 15 is 0 Å². The predicted molar refractivity (Wildman–Crippen MR) is 135 cm³/mol. The number of carbonyl (C=O) groups excluding carboxylic acids is 2. The number of halogens is 1. The zero-order valence-electron chi connectivity index (χ0n) is 18.8. The number of ether oxygens (including phenoxy) is 1. The monoisotopic (exact) mass is 526 g/mol. The molecule has 7 heteroatoms. The summed E-state index contributed by atoms with van der Waals surface area (Å²) in [5, 5.41) is 2.10. The molecule has 0 saturated carbocycles. The van der Waals surface area contributed by atoms with E-state index in [1.54, 1.807) is 35.5 Å². The quantitative estimate of drug-likeness (QED) is 0.431. The molecule has 5 nitrogen and oxygen atoms in total. The number of carbonyl (C=O) groups is 2. The minimum atomic E-state index is -0.173. The highest BCUT2D eigenvalue weighted by Crippen LogP contribution is 2.38. The number of hydrogen-bond acceptors (Lipinski definition) is 4. The first kappa shape index (κ1) is 23.7. The first-order chi connectivity index (χ1) is 16.0. The van der Waals surface area contributed by atoms with E-state index in [9.17, 15) is 9.59 Å².